The van der Waals surface area contributed by atoms with Crippen LogP contribution in [0.1, 0.15) is 43.0 Å². The second-order valence-corrected chi connectivity index (χ2v) is 10.6. The average molecular weight is 539 g/mol. The van der Waals surface area contributed by atoms with Crippen LogP contribution < -0.4 is 0 Å². The molecule has 2 aliphatic heterocycles. The molecule has 0 spiro atoms. The molecule has 2 amide bonds. The lowest BCUT2D eigenvalue weighted by Crippen LogP contribution is -2.73. The fraction of sp³-hybridized carbons (Fsp3) is 0.303. The van der Waals surface area contributed by atoms with Gasteiger partial charge in [0.2, 0.25) is 5.91 Å². The number of likely N-dealkylation sites (tertiary alicyclic amines) is 1. The number of carbonyl (C=O) groups is 3. The Kier molecular flexibility index (Phi) is 8.29. The molecule has 3 unspecified atom stereocenters. The smallest absolute Gasteiger partial charge is 0.411 e. The third-order valence-electron chi connectivity index (χ3n) is 7.36. The first-order valence-corrected chi connectivity index (χ1v) is 13.7. The molecule has 0 aromatic heterocycles. The van der Waals surface area contributed by atoms with E-state index in [2.05, 4.69) is 0 Å². The summed E-state index contributed by atoms with van der Waals surface area (Å²) in [5.74, 6) is -0.607. The van der Waals surface area contributed by atoms with Crippen molar-refractivity contribution in [1.29, 1.82) is 0 Å². The third kappa shape index (κ3) is 5.78. The van der Waals surface area contributed by atoms with E-state index in [1.165, 1.54) is 4.90 Å². The van der Waals surface area contributed by atoms with Gasteiger partial charge in [-0.2, -0.15) is 0 Å². The van der Waals surface area contributed by atoms with Crippen LogP contribution in [0.3, 0.4) is 0 Å². The Bertz CT molecular complexity index is 1340. The van der Waals surface area contributed by atoms with Crippen LogP contribution in [0.15, 0.2) is 97.1 Å². The highest BCUT2D eigenvalue weighted by molar-refractivity contribution is 5.97. The standard InChI is InChI=1S/C33H34N2O5/c1-23(2)20-28(32(37)39-21-25-14-8-4-9-15-25)34-27(19-18-24-12-6-3-7-13-24)30(31(34)36)35-29(22-40-33(35)38)26-16-10-5-11-17-26/h3-19,23,27-30H,20-22H2,1-2H3/t27?,28?,29-,30?/m1/s1. The highest BCUT2D eigenvalue weighted by Crippen LogP contribution is 2.39. The third-order valence-corrected chi connectivity index (χ3v) is 7.36. The lowest BCUT2D eigenvalue weighted by atomic mass is 9.86. The minimum Gasteiger partial charge on any atom is -0.459 e. The highest BCUT2D eigenvalue weighted by Gasteiger charge is 2.58. The first-order chi connectivity index (χ1) is 19.4. The minimum atomic E-state index is -0.795. The number of amides is 2. The van der Waals surface area contributed by atoms with Crippen molar-refractivity contribution >= 4 is 24.0 Å². The first kappa shape index (κ1) is 27.2. The van der Waals surface area contributed by atoms with Gasteiger partial charge in [-0.1, -0.05) is 117 Å². The van der Waals surface area contributed by atoms with Crippen molar-refractivity contribution in [1.82, 2.24) is 9.80 Å². The van der Waals surface area contributed by atoms with Crippen LogP contribution in [0.5, 0.6) is 0 Å². The maximum absolute atomic E-state index is 13.9. The van der Waals surface area contributed by atoms with E-state index in [1.807, 2.05) is 117 Å². The van der Waals surface area contributed by atoms with Crippen LogP contribution in [-0.4, -0.2) is 52.5 Å². The number of cyclic esters (lactones) is 1. The summed E-state index contributed by atoms with van der Waals surface area (Å²) in [6.45, 7) is 4.31. The summed E-state index contributed by atoms with van der Waals surface area (Å²) in [6, 6.07) is 26.3. The molecule has 7 heteroatoms. The van der Waals surface area contributed by atoms with Crippen LogP contribution in [0, 0.1) is 5.92 Å². The van der Waals surface area contributed by atoms with Gasteiger partial charge in [0, 0.05) is 0 Å². The number of hydrogen-bond acceptors (Lipinski definition) is 5. The minimum absolute atomic E-state index is 0.124. The topological polar surface area (TPSA) is 76.2 Å². The van der Waals surface area contributed by atoms with Crippen molar-refractivity contribution in [2.75, 3.05) is 6.61 Å². The van der Waals surface area contributed by atoms with Gasteiger partial charge in [-0.25, -0.2) is 9.59 Å². The zero-order valence-electron chi connectivity index (χ0n) is 22.8. The molecule has 0 aliphatic carbocycles. The number of benzene rings is 3. The van der Waals surface area contributed by atoms with Gasteiger partial charge in [-0.15, -0.1) is 0 Å². The molecule has 2 aliphatic rings. The molecule has 2 heterocycles. The molecule has 2 saturated heterocycles. The molecule has 0 bridgehead atoms. The Morgan fingerprint density at radius 3 is 2.23 bits per heavy atom. The average Bonchev–Trinajstić information content (AvgIpc) is 3.35. The quantitative estimate of drug-likeness (QED) is 0.247. The fourth-order valence-corrected chi connectivity index (χ4v) is 5.40. The number of rotatable bonds is 10. The molecule has 3 aromatic carbocycles. The van der Waals surface area contributed by atoms with E-state index >= 15 is 0 Å². The van der Waals surface area contributed by atoms with Crippen LogP contribution >= 0.6 is 0 Å². The first-order valence-electron chi connectivity index (χ1n) is 13.7. The lowest BCUT2D eigenvalue weighted by molar-refractivity contribution is -0.172. The van der Waals surface area contributed by atoms with Gasteiger partial charge in [0.15, 0.2) is 0 Å². The van der Waals surface area contributed by atoms with Gasteiger partial charge >= 0.3 is 12.1 Å². The Hall–Kier alpha value is -4.39. The zero-order valence-corrected chi connectivity index (χ0v) is 22.8. The molecule has 0 N–H and O–H groups in total. The van der Waals surface area contributed by atoms with Crippen molar-refractivity contribution in [3.63, 3.8) is 0 Å². The van der Waals surface area contributed by atoms with Gasteiger partial charge < -0.3 is 14.4 Å². The number of esters is 1. The molecule has 206 valence electrons. The van der Waals surface area contributed by atoms with Crippen molar-refractivity contribution < 1.29 is 23.9 Å². The van der Waals surface area contributed by atoms with E-state index in [-0.39, 0.29) is 25.0 Å². The molecule has 5 rings (SSSR count). The van der Waals surface area contributed by atoms with E-state index in [0.29, 0.717) is 6.42 Å². The second-order valence-electron chi connectivity index (χ2n) is 10.6. The fourth-order valence-electron chi connectivity index (χ4n) is 5.40. The SMILES string of the molecule is CC(C)CC(C(=O)OCc1ccccc1)N1C(=O)C(N2C(=O)OC[C@@H]2c2ccccc2)C1C=Cc1ccccc1. The Morgan fingerprint density at radius 1 is 0.950 bits per heavy atom. The van der Waals surface area contributed by atoms with Crippen LogP contribution in [0.4, 0.5) is 4.79 Å². The summed E-state index contributed by atoms with van der Waals surface area (Å²) in [7, 11) is 0. The number of carbonyl (C=O) groups excluding carboxylic acids is 3. The van der Waals surface area contributed by atoms with Crippen molar-refractivity contribution in [3.8, 4) is 0 Å². The van der Waals surface area contributed by atoms with E-state index in [0.717, 1.165) is 16.7 Å². The van der Waals surface area contributed by atoms with E-state index in [9.17, 15) is 14.4 Å². The Morgan fingerprint density at radius 2 is 1.57 bits per heavy atom. The van der Waals surface area contributed by atoms with Crippen LogP contribution in [0.25, 0.3) is 6.08 Å². The Labute approximate surface area is 235 Å². The molecule has 2 fully saturated rings. The number of hydrogen-bond donors (Lipinski definition) is 0. The van der Waals surface area contributed by atoms with E-state index in [1.54, 1.807) is 4.90 Å². The largest absolute Gasteiger partial charge is 0.459 e. The molecular weight excluding hydrogens is 504 g/mol. The van der Waals surface area contributed by atoms with E-state index in [4.69, 9.17) is 9.47 Å². The van der Waals surface area contributed by atoms with Crippen molar-refractivity contribution in [2.24, 2.45) is 5.92 Å². The zero-order chi connectivity index (χ0) is 28.1. The molecule has 0 radical (unpaired) electrons. The Balaban J connectivity index is 1.45. The molecule has 0 saturated carbocycles. The van der Waals surface area contributed by atoms with Gasteiger partial charge in [-0.05, 0) is 29.0 Å². The maximum Gasteiger partial charge on any atom is 0.411 e. The van der Waals surface area contributed by atoms with Gasteiger partial charge in [0.1, 0.15) is 25.3 Å². The lowest BCUT2D eigenvalue weighted by Gasteiger charge is -2.52. The maximum atomic E-state index is 13.9. The predicted octanol–water partition coefficient (Wildman–Crippen LogP) is 5.63. The second kappa shape index (κ2) is 12.2. The number of nitrogens with zero attached hydrogens (tertiary/aromatic N) is 2. The monoisotopic (exact) mass is 538 g/mol. The van der Waals surface area contributed by atoms with E-state index < -0.39 is 36.2 Å². The summed E-state index contributed by atoms with van der Waals surface area (Å²) in [4.78, 5) is 43.6. The van der Waals surface area contributed by atoms with Gasteiger partial charge in [0.05, 0.1) is 12.1 Å². The molecule has 4 atom stereocenters. The van der Waals surface area contributed by atoms with Gasteiger partial charge in [-0.3, -0.25) is 9.69 Å². The molecule has 40 heavy (non-hydrogen) atoms. The van der Waals surface area contributed by atoms with Crippen molar-refractivity contribution in [3.05, 3.63) is 114 Å². The number of ether oxygens (including phenoxy) is 2. The highest BCUT2D eigenvalue weighted by atomic mass is 16.6. The number of β-lactam (4-membered cyclic amide) rings is 1. The summed E-state index contributed by atoms with van der Waals surface area (Å²) in [6.07, 6.45) is 3.75. The summed E-state index contributed by atoms with van der Waals surface area (Å²) >= 11 is 0. The van der Waals surface area contributed by atoms with Crippen molar-refractivity contribution in [2.45, 2.75) is 51.0 Å². The predicted molar refractivity (Wildman–Crippen MR) is 152 cm³/mol. The summed E-state index contributed by atoms with van der Waals surface area (Å²) in [5.41, 5.74) is 2.72. The van der Waals surface area contributed by atoms with Gasteiger partial charge in [0.25, 0.3) is 0 Å². The normalized spacial score (nSPS) is 21.4. The van der Waals surface area contributed by atoms with Crippen LogP contribution in [-0.2, 0) is 25.7 Å². The molecule has 3 aromatic rings. The molecule has 7 nitrogen and oxygen atoms in total. The summed E-state index contributed by atoms with van der Waals surface area (Å²) < 4.78 is 11.2. The summed E-state index contributed by atoms with van der Waals surface area (Å²) in [5, 5.41) is 0. The van der Waals surface area contributed by atoms with Crippen LogP contribution in [0.2, 0.25) is 0 Å². The molecular formula is C33H34N2O5.